The van der Waals surface area contributed by atoms with Gasteiger partial charge in [0.25, 0.3) is 6.03 Å². The minimum absolute atomic E-state index is 0.0344. The molecule has 1 aliphatic heterocycles. The third-order valence-corrected chi connectivity index (χ3v) is 19.5. The first-order chi connectivity index (χ1) is 21.0. The minimum atomic E-state index is -2.51. The second kappa shape index (κ2) is 11.5. The SMILES string of the molecule is CC(C)CC1=Cc2cccc(-c3cc(-c4ccccc4)cc(-c4ccccc4)c3)c2C1NC(=O)[Si](C)(C)B1NC(=O)[Si]1(C)C. The predicted octanol–water partition coefficient (Wildman–Crippen LogP) is 9.33. The number of hydrogen-bond acceptors (Lipinski definition) is 2. The van der Waals surface area contributed by atoms with Crippen LogP contribution in [0.5, 0.6) is 0 Å². The van der Waals surface area contributed by atoms with E-state index in [1.165, 1.54) is 27.8 Å². The summed E-state index contributed by atoms with van der Waals surface area (Å²) < 4.78 is 0. The molecule has 2 N–H and O–H groups in total. The summed E-state index contributed by atoms with van der Waals surface area (Å²) in [5, 5.41) is 6.69. The van der Waals surface area contributed by atoms with Crippen LogP contribution in [0.25, 0.3) is 39.5 Å². The molecule has 0 spiro atoms. The van der Waals surface area contributed by atoms with Gasteiger partial charge in [-0.3, -0.25) is 9.59 Å². The van der Waals surface area contributed by atoms with Gasteiger partial charge in [-0.15, -0.1) is 0 Å². The Kier molecular flexibility index (Phi) is 7.89. The van der Waals surface area contributed by atoms with Crippen LogP contribution in [0.2, 0.25) is 26.2 Å². The lowest BCUT2D eigenvalue weighted by atomic mass is 9.88. The molecule has 1 unspecified atom stereocenters. The summed E-state index contributed by atoms with van der Waals surface area (Å²) in [6, 6.07) is 34.2. The van der Waals surface area contributed by atoms with Crippen molar-refractivity contribution in [3.8, 4) is 33.4 Å². The number of nitrogens with one attached hydrogen (secondary N) is 2. The number of amides is 2. The van der Waals surface area contributed by atoms with E-state index in [1.807, 2.05) is 12.1 Å². The molecule has 1 aliphatic carbocycles. The first-order valence-corrected chi connectivity index (χ1v) is 21.8. The molecule has 6 rings (SSSR count). The molecule has 222 valence electrons. The molecule has 1 heterocycles. The molecule has 2 aliphatic rings. The van der Waals surface area contributed by atoms with Crippen LogP contribution in [-0.4, -0.2) is 33.0 Å². The van der Waals surface area contributed by atoms with Crippen molar-refractivity contribution in [2.45, 2.75) is 52.5 Å². The highest BCUT2D eigenvalue weighted by atomic mass is 28.4. The average Bonchev–Trinajstić information content (AvgIpc) is 3.36. The second-order valence-corrected chi connectivity index (χ2v) is 23.4. The van der Waals surface area contributed by atoms with Crippen molar-refractivity contribution in [2.24, 2.45) is 5.92 Å². The molecular formula is C37H41BN2O2Si2. The summed E-state index contributed by atoms with van der Waals surface area (Å²) >= 11 is 0. The summed E-state index contributed by atoms with van der Waals surface area (Å²) in [7, 11) is -4.67. The summed E-state index contributed by atoms with van der Waals surface area (Å²) in [6.45, 7) is 12.9. The maximum Gasteiger partial charge on any atom is 0.254 e. The number of carbonyl (C=O) groups excluding carboxylic acids is 2. The van der Waals surface area contributed by atoms with Crippen LogP contribution < -0.4 is 10.5 Å². The first kappa shape index (κ1) is 30.1. The molecule has 0 bridgehead atoms. The zero-order valence-corrected chi connectivity index (χ0v) is 28.6. The van der Waals surface area contributed by atoms with Crippen molar-refractivity contribution in [3.05, 3.63) is 114 Å². The molecule has 4 aromatic rings. The maximum absolute atomic E-state index is 14.2. The van der Waals surface area contributed by atoms with Crippen LogP contribution >= 0.6 is 0 Å². The van der Waals surface area contributed by atoms with Gasteiger partial charge in [-0.1, -0.05) is 125 Å². The van der Waals surface area contributed by atoms with Gasteiger partial charge in [0.1, 0.15) is 15.9 Å². The third kappa shape index (κ3) is 5.44. The standard InChI is InChI=1S/C37H41BN2O2Si2/c1-25(2)20-32-21-28-18-13-19-33(34(28)35(32)39-36(41)43(3,4)38-40-37(42)44(38,5)6)31-23-29(26-14-9-7-10-15-26)22-30(24-31)27-16-11-8-12-17-27/h7-19,21-25,35H,20H2,1-6H3,(H,39,41)(H,40,42). The second-order valence-electron chi connectivity index (χ2n) is 13.9. The van der Waals surface area contributed by atoms with E-state index in [0.29, 0.717) is 5.92 Å². The third-order valence-electron chi connectivity index (χ3n) is 9.41. The number of carbonyl (C=O) groups is 2. The van der Waals surface area contributed by atoms with Gasteiger partial charge < -0.3 is 10.5 Å². The Morgan fingerprint density at radius 3 is 1.93 bits per heavy atom. The van der Waals surface area contributed by atoms with Gasteiger partial charge in [0, 0.05) is 0 Å². The largest absolute Gasteiger partial charge is 0.408 e. The van der Waals surface area contributed by atoms with Gasteiger partial charge in [0.05, 0.1) is 6.04 Å². The first-order valence-electron chi connectivity index (χ1n) is 15.7. The topological polar surface area (TPSA) is 58.2 Å². The smallest absolute Gasteiger partial charge is 0.254 e. The van der Waals surface area contributed by atoms with E-state index < -0.39 is 15.9 Å². The number of fused-ring (bicyclic) bond motifs is 1. The Bertz CT molecular complexity index is 1710. The average molecular weight is 613 g/mol. The van der Waals surface area contributed by atoms with E-state index in [1.54, 1.807) is 0 Å². The van der Waals surface area contributed by atoms with Gasteiger partial charge in [-0.05, 0) is 80.6 Å². The summed E-state index contributed by atoms with van der Waals surface area (Å²) in [4.78, 5) is 26.6. The van der Waals surface area contributed by atoms with Gasteiger partial charge in [-0.2, -0.15) is 0 Å². The van der Waals surface area contributed by atoms with Crippen molar-refractivity contribution in [2.75, 3.05) is 0 Å². The molecule has 4 nitrogen and oxygen atoms in total. The maximum atomic E-state index is 14.2. The van der Waals surface area contributed by atoms with E-state index in [9.17, 15) is 9.59 Å². The van der Waals surface area contributed by atoms with Crippen LogP contribution in [0.1, 0.15) is 37.4 Å². The van der Waals surface area contributed by atoms with E-state index in [0.717, 1.165) is 28.7 Å². The predicted molar refractivity (Wildman–Crippen MR) is 191 cm³/mol. The fourth-order valence-corrected chi connectivity index (χ4v) is 17.5. The normalized spacial score (nSPS) is 17.1. The summed E-state index contributed by atoms with van der Waals surface area (Å²) in [6.07, 6.45) is 3.20. The number of rotatable bonds is 8. The van der Waals surface area contributed by atoms with Gasteiger partial charge in [0.2, 0.25) is 0 Å². The van der Waals surface area contributed by atoms with Crippen LogP contribution in [0.15, 0.2) is 103 Å². The Morgan fingerprint density at radius 2 is 1.41 bits per heavy atom. The summed E-state index contributed by atoms with van der Waals surface area (Å²) in [5.41, 5.74) is 10.8. The lowest BCUT2D eigenvalue weighted by molar-refractivity contribution is 0.256. The van der Waals surface area contributed by atoms with Gasteiger partial charge in [0.15, 0.2) is 11.1 Å². The molecule has 7 heteroatoms. The van der Waals surface area contributed by atoms with Crippen LogP contribution in [-0.2, 0) is 0 Å². The molecule has 4 aromatic carbocycles. The number of hydrogen-bond donors (Lipinski definition) is 2. The van der Waals surface area contributed by atoms with Crippen LogP contribution in [0.4, 0.5) is 9.59 Å². The Hall–Kier alpha value is -3.94. The molecule has 1 saturated heterocycles. The Labute approximate surface area is 264 Å². The van der Waals surface area contributed by atoms with Gasteiger partial charge >= 0.3 is 0 Å². The Balaban J connectivity index is 1.46. The molecule has 44 heavy (non-hydrogen) atoms. The molecule has 0 aromatic heterocycles. The quantitative estimate of drug-likeness (QED) is 0.195. The fourth-order valence-electron chi connectivity index (χ4n) is 7.02. The molecule has 1 atom stereocenters. The lowest BCUT2D eigenvalue weighted by Crippen LogP contribution is -2.87. The zero-order chi connectivity index (χ0) is 31.2. The highest BCUT2D eigenvalue weighted by Crippen LogP contribution is 2.45. The van der Waals surface area contributed by atoms with Crippen molar-refractivity contribution in [1.29, 1.82) is 0 Å². The molecule has 2 amide bonds. The Morgan fingerprint density at radius 1 is 0.841 bits per heavy atom. The van der Waals surface area contributed by atoms with Crippen molar-refractivity contribution < 1.29 is 9.59 Å². The van der Waals surface area contributed by atoms with Crippen molar-refractivity contribution >= 4 is 39.1 Å². The monoisotopic (exact) mass is 612 g/mol. The molecule has 0 saturated carbocycles. The molecular weight excluding hydrogens is 571 g/mol. The van der Waals surface area contributed by atoms with Gasteiger partial charge in [-0.25, -0.2) is 0 Å². The lowest BCUT2D eigenvalue weighted by Gasteiger charge is -2.46. The van der Waals surface area contributed by atoms with Crippen LogP contribution in [0.3, 0.4) is 0 Å². The summed E-state index contributed by atoms with van der Waals surface area (Å²) in [5.74, 6) is 0.451. The molecule has 0 radical (unpaired) electrons. The zero-order valence-electron chi connectivity index (χ0n) is 26.6. The van der Waals surface area contributed by atoms with E-state index in [-0.39, 0.29) is 23.1 Å². The van der Waals surface area contributed by atoms with E-state index >= 15 is 0 Å². The highest BCUT2D eigenvalue weighted by Gasteiger charge is 2.63. The van der Waals surface area contributed by atoms with Crippen molar-refractivity contribution in [3.63, 3.8) is 0 Å². The van der Waals surface area contributed by atoms with Crippen molar-refractivity contribution in [1.82, 2.24) is 10.5 Å². The minimum Gasteiger partial charge on any atom is -0.408 e. The highest BCUT2D eigenvalue weighted by molar-refractivity contribution is 7.75. The van der Waals surface area contributed by atoms with E-state index in [4.69, 9.17) is 0 Å². The number of benzene rings is 4. The molecule has 1 fully saturated rings. The van der Waals surface area contributed by atoms with E-state index in [2.05, 4.69) is 142 Å². The fraction of sp³-hybridized carbons (Fsp3) is 0.243. The van der Waals surface area contributed by atoms with Crippen LogP contribution in [0, 0.1) is 5.92 Å².